The molecule has 0 unspecified atom stereocenters. The van der Waals surface area contributed by atoms with Gasteiger partial charge in [-0.25, -0.2) is 9.37 Å². The number of fused-ring (bicyclic) bond motifs is 1. The first-order valence-corrected chi connectivity index (χ1v) is 10.2. The smallest absolute Gasteiger partial charge is 0.223 e. The lowest BCUT2D eigenvalue weighted by Gasteiger charge is -2.31. The second-order valence-electron chi connectivity index (χ2n) is 6.94. The van der Waals surface area contributed by atoms with Gasteiger partial charge in [0.2, 0.25) is 5.91 Å². The number of thiazole rings is 1. The molecule has 3 aromatic rings. The van der Waals surface area contributed by atoms with Crippen LogP contribution in [0.4, 0.5) is 9.52 Å². The zero-order chi connectivity index (χ0) is 19.5. The van der Waals surface area contributed by atoms with Crippen LogP contribution in [0, 0.1) is 11.7 Å². The molecule has 0 bridgehead atoms. The van der Waals surface area contributed by atoms with E-state index in [0.717, 1.165) is 52.6 Å². The Kier molecular flexibility index (Phi) is 5.43. The number of carbonyl (C=O) groups excluding carboxylic acids is 1. The normalized spacial score (nSPS) is 15.0. The third-order valence-electron chi connectivity index (χ3n) is 5.10. The van der Waals surface area contributed by atoms with Crippen LogP contribution in [0.15, 0.2) is 42.5 Å². The monoisotopic (exact) mass is 399 g/mol. The lowest BCUT2D eigenvalue weighted by Crippen LogP contribution is -2.40. The zero-order valence-electron chi connectivity index (χ0n) is 15.7. The van der Waals surface area contributed by atoms with Crippen LogP contribution in [0.3, 0.4) is 0 Å². The van der Waals surface area contributed by atoms with E-state index < -0.39 is 0 Å². The average molecular weight is 399 g/mol. The number of anilines is 1. The van der Waals surface area contributed by atoms with E-state index >= 15 is 0 Å². The summed E-state index contributed by atoms with van der Waals surface area (Å²) in [5, 5.41) is 3.96. The highest BCUT2D eigenvalue weighted by molar-refractivity contribution is 7.22. The molecule has 0 atom stereocenters. The molecule has 0 radical (unpaired) electrons. The molecule has 1 aliphatic rings. The van der Waals surface area contributed by atoms with E-state index in [4.69, 9.17) is 9.72 Å². The van der Waals surface area contributed by atoms with E-state index in [2.05, 4.69) is 10.2 Å². The minimum absolute atomic E-state index is 0.00571. The van der Waals surface area contributed by atoms with Crippen LogP contribution in [0.5, 0.6) is 5.75 Å². The first-order chi connectivity index (χ1) is 13.6. The molecule has 146 valence electrons. The van der Waals surface area contributed by atoms with E-state index in [1.54, 1.807) is 30.6 Å². The SMILES string of the molecule is COc1ccc2nc(N3CCC(C(=O)NCc4ccc(F)cc4)CC3)sc2c1. The lowest BCUT2D eigenvalue weighted by molar-refractivity contribution is -0.125. The third kappa shape index (κ3) is 4.09. The van der Waals surface area contributed by atoms with E-state index in [0.29, 0.717) is 6.54 Å². The molecule has 0 spiro atoms. The summed E-state index contributed by atoms with van der Waals surface area (Å²) in [6.45, 7) is 2.05. The molecular formula is C21H22FN3O2S. The molecule has 2 heterocycles. The number of rotatable bonds is 5. The number of halogens is 1. The average Bonchev–Trinajstić information content (AvgIpc) is 3.16. The summed E-state index contributed by atoms with van der Waals surface area (Å²) in [4.78, 5) is 19.4. The number of carbonyl (C=O) groups is 1. The molecule has 1 amide bonds. The number of benzene rings is 2. The fourth-order valence-electron chi connectivity index (χ4n) is 3.42. The molecule has 0 saturated carbocycles. The number of amides is 1. The van der Waals surface area contributed by atoms with Gasteiger partial charge in [-0.1, -0.05) is 23.5 Å². The fourth-order valence-corrected chi connectivity index (χ4v) is 4.47. The highest BCUT2D eigenvalue weighted by Crippen LogP contribution is 2.33. The Bertz CT molecular complexity index is 965. The van der Waals surface area contributed by atoms with E-state index in [9.17, 15) is 9.18 Å². The number of ether oxygens (including phenoxy) is 1. The van der Waals surface area contributed by atoms with Crippen LogP contribution in [-0.4, -0.2) is 31.1 Å². The third-order valence-corrected chi connectivity index (χ3v) is 6.18. The van der Waals surface area contributed by atoms with Crippen molar-refractivity contribution in [2.45, 2.75) is 19.4 Å². The topological polar surface area (TPSA) is 54.5 Å². The van der Waals surface area contributed by atoms with Gasteiger partial charge in [0, 0.05) is 25.6 Å². The molecule has 0 aliphatic carbocycles. The Labute approximate surface area is 167 Å². The summed E-state index contributed by atoms with van der Waals surface area (Å²) in [6.07, 6.45) is 1.60. The zero-order valence-corrected chi connectivity index (χ0v) is 16.5. The second kappa shape index (κ2) is 8.14. The molecule has 1 aliphatic heterocycles. The predicted octanol–water partition coefficient (Wildman–Crippen LogP) is 3.98. The van der Waals surface area contributed by atoms with Crippen LogP contribution < -0.4 is 15.0 Å². The molecule has 5 nitrogen and oxygen atoms in total. The van der Waals surface area contributed by atoms with Crippen molar-refractivity contribution in [2.24, 2.45) is 5.92 Å². The number of aromatic nitrogens is 1. The molecule has 4 rings (SSSR count). The van der Waals surface area contributed by atoms with Crippen molar-refractivity contribution >= 4 is 32.6 Å². The van der Waals surface area contributed by atoms with Crippen LogP contribution >= 0.6 is 11.3 Å². The Morgan fingerprint density at radius 2 is 2.00 bits per heavy atom. The van der Waals surface area contributed by atoms with Crippen molar-refractivity contribution < 1.29 is 13.9 Å². The Morgan fingerprint density at radius 3 is 2.71 bits per heavy atom. The number of piperidine rings is 1. The van der Waals surface area contributed by atoms with E-state index in [1.165, 1.54) is 12.1 Å². The van der Waals surface area contributed by atoms with Gasteiger partial charge in [-0.2, -0.15) is 0 Å². The van der Waals surface area contributed by atoms with Gasteiger partial charge in [-0.15, -0.1) is 0 Å². The minimum atomic E-state index is -0.268. The van der Waals surface area contributed by atoms with Crippen molar-refractivity contribution in [3.05, 3.63) is 53.8 Å². The maximum atomic E-state index is 13.0. The highest BCUT2D eigenvalue weighted by Gasteiger charge is 2.26. The van der Waals surface area contributed by atoms with Crippen LogP contribution in [0.1, 0.15) is 18.4 Å². The molecule has 1 N–H and O–H groups in total. The number of hydrogen-bond acceptors (Lipinski definition) is 5. The van der Waals surface area contributed by atoms with Crippen molar-refractivity contribution in [1.82, 2.24) is 10.3 Å². The van der Waals surface area contributed by atoms with Crippen molar-refractivity contribution in [3.63, 3.8) is 0 Å². The summed E-state index contributed by atoms with van der Waals surface area (Å²) >= 11 is 1.66. The Morgan fingerprint density at radius 1 is 1.25 bits per heavy atom. The first kappa shape index (κ1) is 18.7. The summed E-state index contributed by atoms with van der Waals surface area (Å²) in [5.74, 6) is 0.638. The lowest BCUT2D eigenvalue weighted by atomic mass is 9.96. The van der Waals surface area contributed by atoms with E-state index in [1.807, 2.05) is 18.2 Å². The number of hydrogen-bond donors (Lipinski definition) is 1. The van der Waals surface area contributed by atoms with E-state index in [-0.39, 0.29) is 17.6 Å². The molecule has 1 fully saturated rings. The standard InChI is InChI=1S/C21H22FN3O2S/c1-27-17-6-7-18-19(12-17)28-21(24-18)25-10-8-15(9-11-25)20(26)23-13-14-2-4-16(22)5-3-14/h2-7,12,15H,8-11,13H2,1H3,(H,23,26). The largest absolute Gasteiger partial charge is 0.497 e. The van der Waals surface area contributed by atoms with Gasteiger partial charge in [0.1, 0.15) is 11.6 Å². The van der Waals surface area contributed by atoms with Gasteiger partial charge in [0.15, 0.2) is 5.13 Å². The quantitative estimate of drug-likeness (QED) is 0.705. The fraction of sp³-hybridized carbons (Fsp3) is 0.333. The Balaban J connectivity index is 1.32. The minimum Gasteiger partial charge on any atom is -0.497 e. The van der Waals surface area contributed by atoms with Crippen molar-refractivity contribution in [2.75, 3.05) is 25.1 Å². The molecule has 2 aromatic carbocycles. The maximum absolute atomic E-state index is 13.0. The first-order valence-electron chi connectivity index (χ1n) is 9.34. The van der Waals surface area contributed by atoms with Gasteiger partial charge in [0.25, 0.3) is 0 Å². The summed E-state index contributed by atoms with van der Waals surface area (Å²) < 4.78 is 19.3. The molecule has 28 heavy (non-hydrogen) atoms. The van der Waals surface area contributed by atoms with Gasteiger partial charge in [-0.05, 0) is 48.7 Å². The van der Waals surface area contributed by atoms with Gasteiger partial charge >= 0.3 is 0 Å². The number of nitrogens with one attached hydrogen (secondary N) is 1. The molecule has 1 saturated heterocycles. The maximum Gasteiger partial charge on any atom is 0.223 e. The van der Waals surface area contributed by atoms with Gasteiger partial charge in [0.05, 0.1) is 17.3 Å². The highest BCUT2D eigenvalue weighted by atomic mass is 32.1. The second-order valence-corrected chi connectivity index (χ2v) is 7.94. The van der Waals surface area contributed by atoms with Crippen molar-refractivity contribution in [1.29, 1.82) is 0 Å². The van der Waals surface area contributed by atoms with Gasteiger partial charge in [-0.3, -0.25) is 4.79 Å². The molecule has 1 aromatic heterocycles. The number of nitrogens with zero attached hydrogens (tertiary/aromatic N) is 2. The molecule has 7 heteroatoms. The summed E-state index contributed by atoms with van der Waals surface area (Å²) in [7, 11) is 1.66. The predicted molar refractivity (Wildman–Crippen MR) is 109 cm³/mol. The Hall–Kier alpha value is -2.67. The number of methoxy groups -OCH3 is 1. The summed E-state index contributed by atoms with van der Waals surface area (Å²) in [5.41, 5.74) is 1.87. The molecular weight excluding hydrogens is 377 g/mol. The summed E-state index contributed by atoms with van der Waals surface area (Å²) in [6, 6.07) is 12.1. The van der Waals surface area contributed by atoms with Gasteiger partial charge < -0.3 is 15.0 Å². The van der Waals surface area contributed by atoms with Crippen molar-refractivity contribution in [3.8, 4) is 5.75 Å². The van der Waals surface area contributed by atoms with Crippen LogP contribution in [0.2, 0.25) is 0 Å². The van der Waals surface area contributed by atoms with Crippen LogP contribution in [-0.2, 0) is 11.3 Å². The van der Waals surface area contributed by atoms with Crippen LogP contribution in [0.25, 0.3) is 10.2 Å².